The lowest BCUT2D eigenvalue weighted by Gasteiger charge is -2.63. The second-order valence-electron chi connectivity index (χ2n) is 42.8. The lowest BCUT2D eigenvalue weighted by Crippen LogP contribution is -2.64. The summed E-state index contributed by atoms with van der Waals surface area (Å²) in [6, 6.07) is 170. The summed E-state index contributed by atoms with van der Waals surface area (Å²) in [6.07, 6.45) is 11.4. The van der Waals surface area contributed by atoms with E-state index in [1.165, 1.54) is 150 Å². The highest BCUT2D eigenvalue weighted by Crippen LogP contribution is 2.70. The molecule has 148 heavy (non-hydrogen) atoms. The number of hydrogen-bond donors (Lipinski definition) is 0. The van der Waals surface area contributed by atoms with Gasteiger partial charge in [0.15, 0.2) is 0 Å². The van der Waals surface area contributed by atoms with Gasteiger partial charge in [-0.15, -0.1) is 0 Å². The van der Waals surface area contributed by atoms with Crippen molar-refractivity contribution in [2.45, 2.75) is 92.2 Å². The first kappa shape index (κ1) is 86.0. The van der Waals surface area contributed by atoms with Gasteiger partial charge in [-0.2, -0.15) is 0 Å². The van der Waals surface area contributed by atoms with Gasteiger partial charge in [0, 0.05) is 69.1 Å². The zero-order chi connectivity index (χ0) is 97.9. The third-order valence-corrected chi connectivity index (χ3v) is 34.8. The molecular weight excluding hydrogens is 1790 g/mol. The van der Waals surface area contributed by atoms with Gasteiger partial charge in [-0.3, -0.25) is 29.9 Å². The number of benzene rings is 18. The summed E-state index contributed by atoms with van der Waals surface area (Å²) in [5, 5.41) is 0. The summed E-state index contributed by atoms with van der Waals surface area (Å²) in [6.45, 7) is 6.75. The number of rotatable bonds is 15. The van der Waals surface area contributed by atoms with Crippen molar-refractivity contribution >= 4 is 17.1 Å². The summed E-state index contributed by atoms with van der Waals surface area (Å²) >= 11 is 0. The Morgan fingerprint density at radius 2 is 0.385 bits per heavy atom. The fourth-order valence-electron chi connectivity index (χ4n) is 29.9. The molecule has 31 rings (SSSR count). The summed E-state index contributed by atoms with van der Waals surface area (Å²) in [4.78, 5) is 35.8. The fraction of sp³-hybridized carbons (Fsp3) is 0.113. The lowest BCUT2D eigenvalue weighted by molar-refractivity contribution is -0.0300. The number of pyridine rings is 3. The number of aromatic nitrogens is 3. The van der Waals surface area contributed by atoms with Crippen LogP contribution >= 0.6 is 0 Å². The largest absolute Gasteiger partial charge is 0.283 e. The quantitative estimate of drug-likeness (QED) is 0.0960. The maximum atomic E-state index is 6.37. The first-order valence-corrected chi connectivity index (χ1v) is 52.4. The summed E-state index contributed by atoms with van der Waals surface area (Å²) in [5.74, 6) is 0.254. The molecule has 10 aliphatic rings. The molecule has 0 atom stereocenters. The van der Waals surface area contributed by atoms with E-state index < -0.39 is 32.9 Å². The Bertz CT molecular complexity index is 8320. The van der Waals surface area contributed by atoms with E-state index in [4.69, 9.17) is 29.9 Å². The van der Waals surface area contributed by atoms with Crippen molar-refractivity contribution in [1.82, 2.24) is 15.0 Å². The second-order valence-corrected chi connectivity index (χ2v) is 42.8. The van der Waals surface area contributed by atoms with Crippen LogP contribution < -0.4 is 0 Å². The van der Waals surface area contributed by atoms with Crippen molar-refractivity contribution in [1.29, 1.82) is 0 Å². The number of hydrogen-bond acceptors (Lipinski definition) is 6. The van der Waals surface area contributed by atoms with Crippen molar-refractivity contribution in [2.24, 2.45) is 20.9 Å². The van der Waals surface area contributed by atoms with Crippen molar-refractivity contribution in [3.63, 3.8) is 0 Å². The van der Waals surface area contributed by atoms with E-state index in [1.54, 1.807) is 0 Å². The average molecular weight is 1890 g/mol. The molecule has 6 nitrogen and oxygen atoms in total. The van der Waals surface area contributed by atoms with Crippen LogP contribution in [0.1, 0.15) is 143 Å². The van der Waals surface area contributed by atoms with E-state index in [-0.39, 0.29) is 5.92 Å². The molecule has 0 saturated heterocycles. The Morgan fingerprint density at radius 3 is 0.642 bits per heavy atom. The molecule has 10 aliphatic carbocycles. The van der Waals surface area contributed by atoms with E-state index in [9.17, 15) is 0 Å². The molecule has 4 bridgehead atoms. The molecule has 0 unspecified atom stereocenters. The summed E-state index contributed by atoms with van der Waals surface area (Å²) in [7, 11) is 0. The van der Waals surface area contributed by atoms with Gasteiger partial charge in [-0.05, 0) is 302 Å². The summed E-state index contributed by atoms with van der Waals surface area (Å²) < 4.78 is 0. The molecule has 21 aromatic rings. The third-order valence-electron chi connectivity index (χ3n) is 34.8. The predicted molar refractivity (Wildman–Crippen MR) is 607 cm³/mol. The maximum Gasteiger partial charge on any atom is 0.0725 e. The van der Waals surface area contributed by atoms with Crippen LogP contribution in [0.15, 0.2) is 489 Å². The molecule has 0 radical (unpaired) electrons. The molecule has 4 fully saturated rings. The highest BCUT2D eigenvalue weighted by Gasteiger charge is 2.65. The van der Waals surface area contributed by atoms with Crippen molar-refractivity contribution < 1.29 is 0 Å². The van der Waals surface area contributed by atoms with E-state index >= 15 is 0 Å². The van der Waals surface area contributed by atoms with Gasteiger partial charge in [0.2, 0.25) is 0 Å². The van der Waals surface area contributed by atoms with Gasteiger partial charge in [0.25, 0.3) is 0 Å². The lowest BCUT2D eigenvalue weighted by atomic mass is 9.47. The van der Waals surface area contributed by atoms with Gasteiger partial charge in [-0.1, -0.05) is 419 Å². The summed E-state index contributed by atoms with van der Waals surface area (Å²) in [5.41, 5.74) is 53.7. The first-order valence-electron chi connectivity index (χ1n) is 52.4. The zero-order valence-electron chi connectivity index (χ0n) is 82.5. The highest BCUT2D eigenvalue weighted by molar-refractivity contribution is 6.10. The molecular formula is C142H100N6. The van der Waals surface area contributed by atoms with Gasteiger partial charge in [0.05, 0.1) is 49.9 Å². The number of nitrogens with zero attached hydrogens (tertiary/aromatic N) is 6. The molecule has 3 heterocycles. The van der Waals surface area contributed by atoms with Crippen LogP contribution in [0.4, 0.5) is 0 Å². The van der Waals surface area contributed by atoms with Crippen molar-refractivity contribution in [3.05, 3.63) is 557 Å². The molecule has 18 aromatic carbocycles. The molecule has 6 heteroatoms. The van der Waals surface area contributed by atoms with E-state index in [0.29, 0.717) is 0 Å². The van der Waals surface area contributed by atoms with E-state index in [0.717, 1.165) is 156 Å². The minimum Gasteiger partial charge on any atom is -0.283 e. The topological polar surface area (TPSA) is 75.8 Å². The Labute approximate surface area is 863 Å². The van der Waals surface area contributed by atoms with E-state index in [1.807, 2.05) is 0 Å². The fourth-order valence-corrected chi connectivity index (χ4v) is 29.9. The van der Waals surface area contributed by atoms with E-state index in [2.05, 4.69) is 494 Å². The molecule has 0 amide bonds. The molecule has 0 N–H and O–H groups in total. The highest BCUT2D eigenvalue weighted by atomic mass is 15.1. The van der Waals surface area contributed by atoms with Crippen LogP contribution in [-0.2, 0) is 16.2 Å². The van der Waals surface area contributed by atoms with Gasteiger partial charge >= 0.3 is 0 Å². The Morgan fingerprint density at radius 1 is 0.189 bits per heavy atom. The number of fused-ring (bicyclic) bond motifs is 30. The molecule has 3 aromatic heterocycles. The third kappa shape index (κ3) is 12.5. The first-order chi connectivity index (χ1) is 72.9. The Kier molecular flexibility index (Phi) is 19.0. The Hall–Kier alpha value is -17.6. The Balaban J connectivity index is 0.540. The second kappa shape index (κ2) is 32.7. The van der Waals surface area contributed by atoms with Crippen molar-refractivity contribution in [3.8, 4) is 167 Å². The standard InChI is InChI=1S/C142H100N6/c1-88(116-82-143-131(76-113(116)92-37-7-4-8-38-92)98-46-31-43-95(73-98)101-58-34-70-128-134(101)110-55-19-28-67-125(110)140(128)119-61-22-13-49-104(119)105-50-14-23-62-120(105)140)146-137-79-91-80-138(85-137,147-89(2)117-83-144-132(77-114(117)93-39-9-5-10-40-93)99-47-32-44-96(74-99)102-59-35-71-129-135(102)111-56-20-29-68-126(111)141(129)121-63-24-15-51-106(121)107-52-16-25-64-122(107)141)87-139(81-91,86-137)148-90(3)118-84-145-133(78-115(118)94-41-11-6-12-42-94)100-48-33-45-97(75-100)103-60-36-72-130-136(103)112-57-21-30-69-127(112)142(130)123-65-26-17-53-108(123)109-54-18-27-66-124(109)142/h4-78,82-84,91H,79-81,85-87H2,1-3H3. The van der Waals surface area contributed by atoms with Crippen LogP contribution in [0.25, 0.3) is 167 Å². The molecule has 0 aliphatic heterocycles. The zero-order valence-corrected chi connectivity index (χ0v) is 82.5. The molecule has 698 valence electrons. The predicted octanol–water partition coefficient (Wildman–Crippen LogP) is 33.9. The van der Waals surface area contributed by atoms with Crippen LogP contribution in [-0.4, -0.2) is 48.7 Å². The van der Waals surface area contributed by atoms with Gasteiger partial charge < -0.3 is 0 Å². The average Bonchev–Trinajstić information content (AvgIpc) is 1.50. The van der Waals surface area contributed by atoms with Crippen LogP contribution in [0, 0.1) is 5.92 Å². The van der Waals surface area contributed by atoms with Gasteiger partial charge in [0.1, 0.15) is 0 Å². The smallest absolute Gasteiger partial charge is 0.0725 e. The SMILES string of the molecule is CC(=NC12CC3CC(N=C(C)c4cnc(-c5cccc(-c6cccc7c6-c6ccccc6C76c7ccccc7-c7ccccc76)c5)cc4-c4ccccc4)(C1)CC(N=C(C)c1cnc(-c4cccc(-c5cccc6c5-c5ccccc5C65c6ccccc6-c6ccccc65)c4)cc1-c1ccccc1)(C3)C2)c1cnc(-c2cccc(-c3cccc4c3-c3ccccc3C43c4ccccc4-c4ccccc43)c2)cc1-c1ccccc1. The van der Waals surface area contributed by atoms with Crippen LogP contribution in [0.2, 0.25) is 0 Å². The minimum absolute atomic E-state index is 0.254. The molecule has 4 saturated carbocycles. The molecule has 3 spiro atoms. The normalized spacial score (nSPS) is 18.5. The van der Waals surface area contributed by atoms with Crippen LogP contribution in [0.3, 0.4) is 0 Å². The maximum absolute atomic E-state index is 6.37. The van der Waals surface area contributed by atoms with Crippen LogP contribution in [0.5, 0.6) is 0 Å². The van der Waals surface area contributed by atoms with Gasteiger partial charge in [-0.25, -0.2) is 0 Å². The number of aliphatic imine (C=N–C) groups is 3. The minimum atomic E-state index is -0.570. The van der Waals surface area contributed by atoms with Crippen molar-refractivity contribution in [2.75, 3.05) is 0 Å². The monoisotopic (exact) mass is 1890 g/mol.